The summed E-state index contributed by atoms with van der Waals surface area (Å²) >= 11 is 1.60. The third-order valence-corrected chi connectivity index (χ3v) is 6.55. The molecule has 0 saturated carbocycles. The van der Waals surface area contributed by atoms with Gasteiger partial charge in [-0.15, -0.1) is 11.3 Å². The molecule has 4 rings (SSSR count). The van der Waals surface area contributed by atoms with E-state index in [2.05, 4.69) is 36.8 Å². The quantitative estimate of drug-likeness (QED) is 0.348. The van der Waals surface area contributed by atoms with Gasteiger partial charge in [0.2, 0.25) is 5.91 Å². The summed E-state index contributed by atoms with van der Waals surface area (Å²) in [5, 5.41) is 8.55. The zero-order chi connectivity index (χ0) is 24.8. The summed E-state index contributed by atoms with van der Waals surface area (Å²) in [5.41, 5.74) is 5.74. The summed E-state index contributed by atoms with van der Waals surface area (Å²) in [5.74, 6) is -0.503. The number of hydrogen-bond donors (Lipinski definition) is 2. The molecule has 0 aliphatic heterocycles. The Labute approximate surface area is 210 Å². The molecule has 0 unspecified atom stereocenters. The van der Waals surface area contributed by atoms with Gasteiger partial charge in [-0.1, -0.05) is 81.4 Å². The van der Waals surface area contributed by atoms with E-state index in [4.69, 9.17) is 4.98 Å². The number of nitrogens with zero attached hydrogens (tertiary/aromatic N) is 1. The topological polar surface area (TPSA) is 71.1 Å². The van der Waals surface area contributed by atoms with Crippen molar-refractivity contribution in [3.05, 3.63) is 101 Å². The number of thiazole rings is 1. The Balaban J connectivity index is 1.30. The average Bonchev–Trinajstić information content (AvgIpc) is 3.37. The van der Waals surface area contributed by atoms with Gasteiger partial charge in [0.1, 0.15) is 5.01 Å². The van der Waals surface area contributed by atoms with Crippen LogP contribution in [-0.2, 0) is 16.8 Å². The van der Waals surface area contributed by atoms with Crippen LogP contribution >= 0.6 is 11.3 Å². The van der Waals surface area contributed by atoms with Gasteiger partial charge in [0.15, 0.2) is 0 Å². The first-order valence-electron chi connectivity index (χ1n) is 11.6. The maximum absolute atomic E-state index is 12.4. The Morgan fingerprint density at radius 1 is 0.857 bits per heavy atom. The number of carbonyl (C=O) groups is 2. The molecule has 2 N–H and O–H groups in total. The van der Waals surface area contributed by atoms with E-state index in [1.54, 1.807) is 23.5 Å². The van der Waals surface area contributed by atoms with Crippen molar-refractivity contribution in [3.8, 4) is 21.8 Å². The van der Waals surface area contributed by atoms with Gasteiger partial charge in [-0.3, -0.25) is 9.59 Å². The first-order chi connectivity index (χ1) is 16.8. The van der Waals surface area contributed by atoms with Crippen molar-refractivity contribution in [1.82, 2.24) is 15.6 Å². The van der Waals surface area contributed by atoms with Crippen LogP contribution in [0, 0.1) is 0 Å². The van der Waals surface area contributed by atoms with Gasteiger partial charge in [0.25, 0.3) is 5.91 Å². The summed E-state index contributed by atoms with van der Waals surface area (Å²) in [7, 11) is 0. The molecule has 0 aliphatic rings. The van der Waals surface area contributed by atoms with Gasteiger partial charge in [0.05, 0.1) is 12.2 Å². The lowest BCUT2D eigenvalue weighted by molar-refractivity contribution is -0.120. The summed E-state index contributed by atoms with van der Waals surface area (Å²) < 4.78 is 0. The third-order valence-electron chi connectivity index (χ3n) is 5.66. The molecule has 5 nitrogen and oxygen atoms in total. The molecule has 0 saturated heterocycles. The minimum absolute atomic E-state index is 0.0238. The van der Waals surface area contributed by atoms with Crippen LogP contribution in [0.4, 0.5) is 0 Å². The lowest BCUT2D eigenvalue weighted by Crippen LogP contribution is -2.36. The maximum atomic E-state index is 12.4. The van der Waals surface area contributed by atoms with E-state index < -0.39 is 0 Å². The Morgan fingerprint density at radius 2 is 1.57 bits per heavy atom. The van der Waals surface area contributed by atoms with Gasteiger partial charge in [0, 0.05) is 28.6 Å². The first kappa shape index (κ1) is 24.4. The van der Waals surface area contributed by atoms with Gasteiger partial charge in [-0.25, -0.2) is 4.98 Å². The molecule has 178 valence electrons. The van der Waals surface area contributed by atoms with E-state index in [1.165, 1.54) is 0 Å². The molecule has 6 heteroatoms. The monoisotopic (exact) mass is 483 g/mol. The van der Waals surface area contributed by atoms with Crippen molar-refractivity contribution in [2.24, 2.45) is 0 Å². The van der Waals surface area contributed by atoms with E-state index in [0.29, 0.717) is 12.1 Å². The highest BCUT2D eigenvalue weighted by molar-refractivity contribution is 7.13. The molecular formula is C29H29N3O2S. The summed E-state index contributed by atoms with van der Waals surface area (Å²) in [4.78, 5) is 29.5. The van der Waals surface area contributed by atoms with Crippen molar-refractivity contribution in [2.45, 2.75) is 32.7 Å². The molecule has 0 fully saturated rings. The lowest BCUT2D eigenvalue weighted by Gasteiger charge is -2.19. The fourth-order valence-electron chi connectivity index (χ4n) is 3.61. The predicted molar refractivity (Wildman–Crippen MR) is 142 cm³/mol. The third kappa shape index (κ3) is 6.43. The van der Waals surface area contributed by atoms with Crippen LogP contribution in [0.25, 0.3) is 21.8 Å². The van der Waals surface area contributed by atoms with Gasteiger partial charge < -0.3 is 10.6 Å². The van der Waals surface area contributed by atoms with E-state index in [-0.39, 0.29) is 23.8 Å². The van der Waals surface area contributed by atoms with Crippen molar-refractivity contribution >= 4 is 23.2 Å². The number of rotatable bonds is 7. The highest BCUT2D eigenvalue weighted by Crippen LogP contribution is 2.29. The highest BCUT2D eigenvalue weighted by atomic mass is 32.1. The molecule has 0 radical (unpaired) electrons. The highest BCUT2D eigenvalue weighted by Gasteiger charge is 2.15. The molecule has 4 aromatic rings. The normalized spacial score (nSPS) is 11.2. The van der Waals surface area contributed by atoms with Crippen LogP contribution in [0.3, 0.4) is 0 Å². The number of nitrogens with one attached hydrogen (secondary N) is 2. The summed E-state index contributed by atoms with van der Waals surface area (Å²) in [6.07, 6.45) is 0. The second kappa shape index (κ2) is 10.7. The molecule has 1 heterocycles. The summed E-state index contributed by atoms with van der Waals surface area (Å²) in [6.45, 7) is 6.68. The van der Waals surface area contributed by atoms with Crippen LogP contribution in [0.5, 0.6) is 0 Å². The van der Waals surface area contributed by atoms with E-state index in [0.717, 1.165) is 33.0 Å². The number of aromatic nitrogens is 1. The van der Waals surface area contributed by atoms with Crippen LogP contribution in [0.15, 0.2) is 84.2 Å². The second-order valence-electron chi connectivity index (χ2n) is 9.39. The molecule has 1 aromatic heterocycles. The Kier molecular flexibility index (Phi) is 7.42. The second-order valence-corrected chi connectivity index (χ2v) is 10.2. The zero-order valence-corrected chi connectivity index (χ0v) is 21.0. The minimum Gasteiger partial charge on any atom is -0.350 e. The Bertz CT molecular complexity index is 1310. The predicted octanol–water partition coefficient (Wildman–Crippen LogP) is 5.82. The first-order valence-corrected chi connectivity index (χ1v) is 12.4. The van der Waals surface area contributed by atoms with Crippen molar-refractivity contribution in [2.75, 3.05) is 6.54 Å². The van der Waals surface area contributed by atoms with Gasteiger partial charge in [-0.05, 0) is 34.7 Å². The average molecular weight is 484 g/mol. The molecule has 2 amide bonds. The molecule has 0 spiro atoms. The molecule has 35 heavy (non-hydrogen) atoms. The minimum atomic E-state index is -0.263. The fraction of sp³-hybridized carbons (Fsp3) is 0.207. The zero-order valence-electron chi connectivity index (χ0n) is 20.2. The lowest BCUT2D eigenvalue weighted by atomic mass is 9.87. The largest absolute Gasteiger partial charge is 0.350 e. The van der Waals surface area contributed by atoms with E-state index in [1.807, 2.05) is 66.7 Å². The van der Waals surface area contributed by atoms with Crippen molar-refractivity contribution < 1.29 is 9.59 Å². The fourth-order valence-corrected chi connectivity index (χ4v) is 4.44. The van der Waals surface area contributed by atoms with Crippen LogP contribution in [0.1, 0.15) is 42.3 Å². The number of hydrogen-bond acceptors (Lipinski definition) is 4. The van der Waals surface area contributed by atoms with Crippen LogP contribution < -0.4 is 10.6 Å². The molecule has 0 atom stereocenters. The van der Waals surface area contributed by atoms with Crippen LogP contribution in [0.2, 0.25) is 0 Å². The standard InChI is InChI=1S/C29H29N3O2S/c1-29(2,3)24-14-12-22(13-15-24)27(34)31-18-26(33)30-17-20-8-7-11-23(16-20)28-32-25(19-35-28)21-9-5-4-6-10-21/h4-16,19H,17-18H2,1-3H3,(H,30,33)(H,31,34). The molecule has 0 aliphatic carbocycles. The summed E-state index contributed by atoms with van der Waals surface area (Å²) in [6, 6.07) is 25.6. The molecule has 0 bridgehead atoms. The smallest absolute Gasteiger partial charge is 0.251 e. The van der Waals surface area contributed by atoms with Crippen molar-refractivity contribution in [3.63, 3.8) is 0 Å². The Morgan fingerprint density at radius 3 is 2.29 bits per heavy atom. The molecular weight excluding hydrogens is 454 g/mol. The van der Waals surface area contributed by atoms with E-state index in [9.17, 15) is 9.59 Å². The number of carbonyl (C=O) groups excluding carboxylic acids is 2. The van der Waals surface area contributed by atoms with Gasteiger partial charge in [-0.2, -0.15) is 0 Å². The SMILES string of the molecule is CC(C)(C)c1ccc(C(=O)NCC(=O)NCc2cccc(-c3nc(-c4ccccc4)cs3)c2)cc1. The number of amides is 2. The molecule has 3 aromatic carbocycles. The van der Waals surface area contributed by atoms with E-state index >= 15 is 0 Å². The Hall–Kier alpha value is -3.77. The van der Waals surface area contributed by atoms with Crippen LogP contribution in [-0.4, -0.2) is 23.3 Å². The van der Waals surface area contributed by atoms with Gasteiger partial charge >= 0.3 is 0 Å². The maximum Gasteiger partial charge on any atom is 0.251 e. The number of benzene rings is 3. The van der Waals surface area contributed by atoms with Crippen molar-refractivity contribution in [1.29, 1.82) is 0 Å².